The standard InChI is InChI=1S/C27H52N2O6Si2/c1-19(2)14-15-27-23(28-29(7)8)21-20(34-37(12,13)25(3,4)5)22(33-26(6,32-21)35-27)24(27)31-18-30-16-17-36(9,10)11/h14,20-22,24H,15-18H2,1-13H3/b28-23+/t20?,21-,22?,24+,26?,27+/m1/s1. The monoisotopic (exact) mass is 556 g/mol. The molecule has 3 aliphatic heterocycles. The van der Waals surface area contributed by atoms with Crippen molar-refractivity contribution < 1.29 is 28.1 Å². The van der Waals surface area contributed by atoms with Gasteiger partial charge in [0.15, 0.2) is 8.32 Å². The quantitative estimate of drug-likeness (QED) is 0.108. The van der Waals surface area contributed by atoms with Crippen LogP contribution in [0.15, 0.2) is 16.8 Å². The molecule has 4 aliphatic rings. The number of hydrazone groups is 1. The molecule has 37 heavy (non-hydrogen) atoms. The summed E-state index contributed by atoms with van der Waals surface area (Å²) in [7, 11) is 0.461. The highest BCUT2D eigenvalue weighted by molar-refractivity contribution is 6.76. The van der Waals surface area contributed by atoms with Crippen LogP contribution in [0.1, 0.15) is 48.0 Å². The Morgan fingerprint density at radius 1 is 1.11 bits per heavy atom. The predicted octanol–water partition coefficient (Wildman–Crippen LogP) is 5.59. The first kappa shape index (κ1) is 30.9. The Balaban J connectivity index is 2.02. The van der Waals surface area contributed by atoms with Gasteiger partial charge in [0, 0.05) is 42.1 Å². The van der Waals surface area contributed by atoms with Gasteiger partial charge in [-0.3, -0.25) is 0 Å². The van der Waals surface area contributed by atoms with Gasteiger partial charge in [-0.15, -0.1) is 0 Å². The van der Waals surface area contributed by atoms with Crippen LogP contribution < -0.4 is 0 Å². The molecule has 4 rings (SSSR count). The van der Waals surface area contributed by atoms with Crippen LogP contribution in [0.3, 0.4) is 0 Å². The second-order valence-corrected chi connectivity index (χ2v) is 24.4. The van der Waals surface area contributed by atoms with E-state index in [1.807, 2.05) is 26.0 Å². The topological polar surface area (TPSA) is 71.0 Å². The fraction of sp³-hybridized carbons (Fsp3) is 0.889. The Bertz CT molecular complexity index is 877. The van der Waals surface area contributed by atoms with E-state index in [0.29, 0.717) is 13.0 Å². The maximum absolute atomic E-state index is 7.01. The minimum atomic E-state index is -2.18. The van der Waals surface area contributed by atoms with E-state index in [1.54, 1.807) is 0 Å². The van der Waals surface area contributed by atoms with Crippen molar-refractivity contribution in [1.29, 1.82) is 0 Å². The van der Waals surface area contributed by atoms with Crippen LogP contribution in [-0.2, 0) is 28.1 Å². The molecule has 1 aliphatic carbocycles. The lowest BCUT2D eigenvalue weighted by molar-refractivity contribution is -0.510. The van der Waals surface area contributed by atoms with E-state index >= 15 is 0 Å². The molecule has 3 heterocycles. The van der Waals surface area contributed by atoms with Crippen molar-refractivity contribution in [2.75, 3.05) is 27.5 Å². The molecule has 8 nitrogen and oxygen atoms in total. The van der Waals surface area contributed by atoms with Gasteiger partial charge in [0.25, 0.3) is 5.97 Å². The van der Waals surface area contributed by atoms with E-state index < -0.39 is 40.2 Å². The molecule has 4 bridgehead atoms. The van der Waals surface area contributed by atoms with E-state index in [9.17, 15) is 0 Å². The summed E-state index contributed by atoms with van der Waals surface area (Å²) in [5.74, 6) is -1.19. The van der Waals surface area contributed by atoms with Crippen LogP contribution in [0.5, 0.6) is 0 Å². The third kappa shape index (κ3) is 6.77. The fourth-order valence-electron chi connectivity index (χ4n) is 4.81. The Labute approximate surface area is 227 Å². The molecule has 10 heteroatoms. The number of nitrogens with zero attached hydrogens (tertiary/aromatic N) is 2. The van der Waals surface area contributed by atoms with E-state index in [-0.39, 0.29) is 24.0 Å². The molecule has 0 spiro atoms. The van der Waals surface area contributed by atoms with Crippen LogP contribution in [0.4, 0.5) is 0 Å². The largest absolute Gasteiger partial charge is 0.408 e. The Morgan fingerprint density at radius 3 is 2.30 bits per heavy atom. The highest BCUT2D eigenvalue weighted by Crippen LogP contribution is 2.54. The molecular weight excluding hydrogens is 504 g/mol. The van der Waals surface area contributed by atoms with Gasteiger partial charge in [-0.2, -0.15) is 5.10 Å². The summed E-state index contributed by atoms with van der Waals surface area (Å²) < 4.78 is 39.2. The molecule has 214 valence electrons. The van der Waals surface area contributed by atoms with E-state index in [2.05, 4.69) is 73.4 Å². The lowest BCUT2D eigenvalue weighted by Gasteiger charge is -2.65. The zero-order valence-corrected chi connectivity index (χ0v) is 27.6. The lowest BCUT2D eigenvalue weighted by Crippen LogP contribution is -2.83. The summed E-state index contributed by atoms with van der Waals surface area (Å²) in [4.78, 5) is 0. The Kier molecular flexibility index (Phi) is 9.00. The summed E-state index contributed by atoms with van der Waals surface area (Å²) in [6.07, 6.45) is 1.20. The van der Waals surface area contributed by atoms with Crippen molar-refractivity contribution in [1.82, 2.24) is 5.01 Å². The number of allylic oxidation sites excluding steroid dienone is 1. The average Bonchev–Trinajstić information content (AvgIpc) is 2.71. The SMILES string of the molecule is CC(C)=CC[C@]12OC3(C)OC(C(O[Si](C)(C)C(C)(C)C)[C@@H](O3)/C1=N\N(C)C)[C@@H]2OCOCC[Si](C)(C)C. The maximum Gasteiger partial charge on any atom is 0.282 e. The Morgan fingerprint density at radius 2 is 1.76 bits per heavy atom. The highest BCUT2D eigenvalue weighted by Gasteiger charge is 2.73. The first-order valence-electron chi connectivity index (χ1n) is 13.6. The summed E-state index contributed by atoms with van der Waals surface area (Å²) in [6, 6.07) is 1.08. The number of hydrogen-bond donors (Lipinski definition) is 0. The van der Waals surface area contributed by atoms with Gasteiger partial charge in [-0.05, 0) is 38.0 Å². The lowest BCUT2D eigenvalue weighted by atomic mass is 9.71. The van der Waals surface area contributed by atoms with Crippen molar-refractivity contribution in [3.63, 3.8) is 0 Å². The molecular formula is C27H52N2O6Si2. The van der Waals surface area contributed by atoms with Gasteiger partial charge >= 0.3 is 0 Å². The van der Waals surface area contributed by atoms with Gasteiger partial charge < -0.3 is 33.1 Å². The predicted molar refractivity (Wildman–Crippen MR) is 153 cm³/mol. The van der Waals surface area contributed by atoms with Crippen molar-refractivity contribution >= 4 is 22.1 Å². The van der Waals surface area contributed by atoms with Crippen LogP contribution in [0.2, 0.25) is 43.8 Å². The summed E-state index contributed by atoms with van der Waals surface area (Å²) in [5, 5.41) is 6.79. The summed E-state index contributed by atoms with van der Waals surface area (Å²) >= 11 is 0. The zero-order valence-electron chi connectivity index (χ0n) is 25.6. The second-order valence-electron chi connectivity index (χ2n) is 14.1. The molecule has 3 saturated heterocycles. The van der Waals surface area contributed by atoms with Gasteiger partial charge in [0.1, 0.15) is 42.5 Å². The normalized spacial score (nSPS) is 34.8. The average molecular weight is 557 g/mol. The molecule has 3 unspecified atom stereocenters. The third-order valence-electron chi connectivity index (χ3n) is 7.83. The minimum absolute atomic E-state index is 0.0248. The fourth-order valence-corrected chi connectivity index (χ4v) is 6.86. The molecule has 6 atom stereocenters. The van der Waals surface area contributed by atoms with Gasteiger partial charge in [0.05, 0.1) is 0 Å². The van der Waals surface area contributed by atoms with Crippen molar-refractivity contribution in [2.24, 2.45) is 5.10 Å². The van der Waals surface area contributed by atoms with Crippen LogP contribution in [-0.4, -0.2) is 90.6 Å². The highest BCUT2D eigenvalue weighted by atomic mass is 28.4. The van der Waals surface area contributed by atoms with E-state index in [1.165, 1.54) is 5.57 Å². The molecule has 0 aromatic carbocycles. The summed E-state index contributed by atoms with van der Waals surface area (Å²) in [6.45, 7) is 25.2. The smallest absolute Gasteiger partial charge is 0.282 e. The molecule has 4 fully saturated rings. The van der Waals surface area contributed by atoms with Crippen LogP contribution >= 0.6 is 0 Å². The number of hydrogen-bond acceptors (Lipinski definition) is 8. The maximum atomic E-state index is 7.01. The summed E-state index contributed by atoms with van der Waals surface area (Å²) in [5.41, 5.74) is 1.15. The van der Waals surface area contributed by atoms with Gasteiger partial charge in [0.2, 0.25) is 0 Å². The first-order valence-corrected chi connectivity index (χ1v) is 20.2. The number of ether oxygens (including phenoxy) is 5. The molecule has 0 N–H and O–H groups in total. The molecule has 0 radical (unpaired) electrons. The van der Waals surface area contributed by atoms with Crippen LogP contribution in [0, 0.1) is 0 Å². The van der Waals surface area contributed by atoms with Gasteiger partial charge in [-0.25, -0.2) is 0 Å². The van der Waals surface area contributed by atoms with Crippen molar-refractivity contribution in [3.8, 4) is 0 Å². The van der Waals surface area contributed by atoms with Gasteiger partial charge in [-0.1, -0.05) is 52.1 Å². The minimum Gasteiger partial charge on any atom is -0.408 e. The third-order valence-corrected chi connectivity index (χ3v) is 14.0. The number of rotatable bonds is 11. The van der Waals surface area contributed by atoms with E-state index in [4.69, 9.17) is 33.2 Å². The molecule has 0 aromatic rings. The second kappa shape index (κ2) is 10.8. The zero-order chi connectivity index (χ0) is 28.0. The first-order chi connectivity index (χ1) is 16.8. The Hall–Kier alpha value is -0.596. The van der Waals surface area contributed by atoms with Crippen LogP contribution in [0.25, 0.3) is 0 Å². The molecule has 0 aromatic heterocycles. The van der Waals surface area contributed by atoms with Crippen molar-refractivity contribution in [2.45, 2.75) is 128 Å². The van der Waals surface area contributed by atoms with Crippen molar-refractivity contribution in [3.05, 3.63) is 11.6 Å². The molecule has 1 saturated carbocycles. The molecule has 0 amide bonds. The van der Waals surface area contributed by atoms with E-state index in [0.717, 1.165) is 11.8 Å².